The Balaban J connectivity index is 2.20. The van der Waals surface area contributed by atoms with Gasteiger partial charge in [0.05, 0.1) is 23.4 Å². The minimum atomic E-state index is -0.148. The van der Waals surface area contributed by atoms with Crippen LogP contribution in [0.4, 0.5) is 5.69 Å². The zero-order valence-electron chi connectivity index (χ0n) is 10.2. The number of benzene rings is 2. The summed E-state index contributed by atoms with van der Waals surface area (Å²) in [4.78, 5) is 0. The lowest BCUT2D eigenvalue weighted by atomic mass is 10.1. The molecule has 0 radical (unpaired) electrons. The normalized spacial score (nSPS) is 12.2. The molecule has 0 heterocycles. The first-order valence-electron chi connectivity index (χ1n) is 5.89. The molecule has 0 spiro atoms. The standard InChI is InChI=1S/C15H16ClNO/c1-11-6-8-12(9-7-11)15(10-18)17-14-5-3-2-4-13(14)16/h2-9,15,17-18H,10H2,1H3. The van der Waals surface area contributed by atoms with Crippen molar-refractivity contribution in [3.63, 3.8) is 0 Å². The molecule has 0 aliphatic rings. The molecule has 0 fully saturated rings. The van der Waals surface area contributed by atoms with Gasteiger partial charge in [-0.15, -0.1) is 0 Å². The molecule has 1 atom stereocenters. The van der Waals surface area contributed by atoms with Gasteiger partial charge in [0.2, 0.25) is 0 Å². The van der Waals surface area contributed by atoms with Crippen LogP contribution in [0.5, 0.6) is 0 Å². The number of halogens is 1. The van der Waals surface area contributed by atoms with E-state index in [1.54, 1.807) is 0 Å². The summed E-state index contributed by atoms with van der Waals surface area (Å²) in [6.45, 7) is 2.06. The first kappa shape index (κ1) is 12.9. The van der Waals surface area contributed by atoms with E-state index >= 15 is 0 Å². The Hall–Kier alpha value is -1.51. The number of anilines is 1. The predicted octanol–water partition coefficient (Wildman–Crippen LogP) is 3.79. The van der Waals surface area contributed by atoms with E-state index in [0.717, 1.165) is 11.3 Å². The largest absolute Gasteiger partial charge is 0.394 e. The number of hydrogen-bond donors (Lipinski definition) is 2. The SMILES string of the molecule is Cc1ccc(C(CO)Nc2ccccc2Cl)cc1. The average molecular weight is 262 g/mol. The second-order valence-corrected chi connectivity index (χ2v) is 4.68. The van der Waals surface area contributed by atoms with Gasteiger partial charge in [0.25, 0.3) is 0 Å². The second kappa shape index (κ2) is 5.89. The van der Waals surface area contributed by atoms with Gasteiger partial charge in [-0.25, -0.2) is 0 Å². The van der Waals surface area contributed by atoms with Crippen molar-refractivity contribution >= 4 is 17.3 Å². The fraction of sp³-hybridized carbons (Fsp3) is 0.200. The maximum Gasteiger partial charge on any atom is 0.0745 e. The minimum absolute atomic E-state index is 0.0221. The minimum Gasteiger partial charge on any atom is -0.394 e. The van der Waals surface area contributed by atoms with Gasteiger partial charge in [-0.3, -0.25) is 0 Å². The van der Waals surface area contributed by atoms with E-state index in [1.165, 1.54) is 5.56 Å². The van der Waals surface area contributed by atoms with Crippen molar-refractivity contribution < 1.29 is 5.11 Å². The van der Waals surface area contributed by atoms with Crippen molar-refractivity contribution in [2.75, 3.05) is 11.9 Å². The van der Waals surface area contributed by atoms with Crippen LogP contribution in [0.15, 0.2) is 48.5 Å². The van der Waals surface area contributed by atoms with Crippen LogP contribution in [-0.4, -0.2) is 11.7 Å². The van der Waals surface area contributed by atoms with Crippen molar-refractivity contribution in [1.29, 1.82) is 0 Å². The summed E-state index contributed by atoms with van der Waals surface area (Å²) in [5.74, 6) is 0. The van der Waals surface area contributed by atoms with E-state index in [4.69, 9.17) is 11.6 Å². The van der Waals surface area contributed by atoms with Crippen LogP contribution >= 0.6 is 11.6 Å². The number of aryl methyl sites for hydroxylation is 1. The van der Waals surface area contributed by atoms with E-state index < -0.39 is 0 Å². The third-order valence-electron chi connectivity index (χ3n) is 2.87. The Labute approximate surface area is 112 Å². The lowest BCUT2D eigenvalue weighted by molar-refractivity contribution is 0.276. The highest BCUT2D eigenvalue weighted by Gasteiger charge is 2.11. The molecule has 2 aromatic carbocycles. The summed E-state index contributed by atoms with van der Waals surface area (Å²) in [5.41, 5.74) is 3.08. The fourth-order valence-electron chi connectivity index (χ4n) is 1.80. The summed E-state index contributed by atoms with van der Waals surface area (Å²) in [6.07, 6.45) is 0. The molecule has 2 aromatic rings. The number of nitrogens with one attached hydrogen (secondary N) is 1. The zero-order valence-corrected chi connectivity index (χ0v) is 11.0. The third-order valence-corrected chi connectivity index (χ3v) is 3.20. The number of para-hydroxylation sites is 1. The first-order chi connectivity index (χ1) is 8.70. The molecule has 1 unspecified atom stereocenters. The average Bonchev–Trinajstić information content (AvgIpc) is 2.39. The summed E-state index contributed by atoms with van der Waals surface area (Å²) < 4.78 is 0. The maximum atomic E-state index is 9.50. The van der Waals surface area contributed by atoms with Crippen LogP contribution in [0.25, 0.3) is 0 Å². The summed E-state index contributed by atoms with van der Waals surface area (Å²) >= 11 is 6.09. The molecule has 18 heavy (non-hydrogen) atoms. The van der Waals surface area contributed by atoms with Crippen molar-refractivity contribution in [2.24, 2.45) is 0 Å². The third kappa shape index (κ3) is 3.03. The van der Waals surface area contributed by atoms with Gasteiger partial charge in [0.15, 0.2) is 0 Å². The van der Waals surface area contributed by atoms with Gasteiger partial charge in [-0.05, 0) is 24.6 Å². The van der Waals surface area contributed by atoms with Crippen molar-refractivity contribution in [1.82, 2.24) is 0 Å². The maximum absolute atomic E-state index is 9.50. The Morgan fingerprint density at radius 2 is 1.78 bits per heavy atom. The molecule has 2 rings (SSSR count). The van der Waals surface area contributed by atoms with Gasteiger partial charge in [-0.1, -0.05) is 53.6 Å². The summed E-state index contributed by atoms with van der Waals surface area (Å²) in [6, 6.07) is 15.5. The van der Waals surface area contributed by atoms with Crippen LogP contribution in [0.3, 0.4) is 0 Å². The topological polar surface area (TPSA) is 32.3 Å². The van der Waals surface area contributed by atoms with Gasteiger partial charge in [0.1, 0.15) is 0 Å². The van der Waals surface area contributed by atoms with Crippen molar-refractivity contribution in [3.05, 3.63) is 64.7 Å². The Kier molecular flexibility index (Phi) is 4.24. The van der Waals surface area contributed by atoms with E-state index in [0.29, 0.717) is 5.02 Å². The molecule has 3 heteroatoms. The lowest BCUT2D eigenvalue weighted by Gasteiger charge is -2.19. The van der Waals surface area contributed by atoms with Crippen LogP contribution in [0, 0.1) is 6.92 Å². The lowest BCUT2D eigenvalue weighted by Crippen LogP contribution is -2.15. The molecule has 2 nitrogen and oxygen atoms in total. The van der Waals surface area contributed by atoms with Crippen LogP contribution < -0.4 is 5.32 Å². The van der Waals surface area contributed by atoms with Crippen LogP contribution in [0.1, 0.15) is 17.2 Å². The monoisotopic (exact) mass is 261 g/mol. The molecule has 0 aromatic heterocycles. The number of hydrogen-bond acceptors (Lipinski definition) is 2. The molecule has 0 bridgehead atoms. The van der Waals surface area contributed by atoms with Gasteiger partial charge >= 0.3 is 0 Å². The van der Waals surface area contributed by atoms with Gasteiger partial charge < -0.3 is 10.4 Å². The van der Waals surface area contributed by atoms with Crippen molar-refractivity contribution in [2.45, 2.75) is 13.0 Å². The first-order valence-corrected chi connectivity index (χ1v) is 6.27. The van der Waals surface area contributed by atoms with Crippen LogP contribution in [0.2, 0.25) is 5.02 Å². The highest BCUT2D eigenvalue weighted by Crippen LogP contribution is 2.25. The Morgan fingerprint density at radius 1 is 1.11 bits per heavy atom. The molecule has 0 aliphatic carbocycles. The predicted molar refractivity (Wildman–Crippen MR) is 76.1 cm³/mol. The second-order valence-electron chi connectivity index (χ2n) is 4.27. The van der Waals surface area contributed by atoms with Crippen LogP contribution in [-0.2, 0) is 0 Å². The molecule has 0 saturated carbocycles. The molecule has 0 aliphatic heterocycles. The summed E-state index contributed by atoms with van der Waals surface area (Å²) in [7, 11) is 0. The van der Waals surface area contributed by atoms with Gasteiger partial charge in [0, 0.05) is 0 Å². The highest BCUT2D eigenvalue weighted by atomic mass is 35.5. The van der Waals surface area contributed by atoms with E-state index in [2.05, 4.69) is 5.32 Å². The van der Waals surface area contributed by atoms with Crippen molar-refractivity contribution in [3.8, 4) is 0 Å². The van der Waals surface area contributed by atoms with E-state index in [1.807, 2.05) is 55.5 Å². The smallest absolute Gasteiger partial charge is 0.0745 e. The van der Waals surface area contributed by atoms with E-state index in [9.17, 15) is 5.11 Å². The number of rotatable bonds is 4. The highest BCUT2D eigenvalue weighted by molar-refractivity contribution is 6.33. The quantitative estimate of drug-likeness (QED) is 0.878. The Morgan fingerprint density at radius 3 is 2.39 bits per heavy atom. The fourth-order valence-corrected chi connectivity index (χ4v) is 1.99. The molecule has 0 saturated heterocycles. The summed E-state index contributed by atoms with van der Waals surface area (Å²) in [5, 5.41) is 13.4. The Bertz CT molecular complexity index is 510. The number of aliphatic hydroxyl groups excluding tert-OH is 1. The zero-order chi connectivity index (χ0) is 13.0. The molecule has 2 N–H and O–H groups in total. The molecule has 94 valence electrons. The molecular formula is C15H16ClNO. The molecular weight excluding hydrogens is 246 g/mol. The van der Waals surface area contributed by atoms with E-state index in [-0.39, 0.29) is 12.6 Å². The number of aliphatic hydroxyl groups is 1. The molecule has 0 amide bonds. The van der Waals surface area contributed by atoms with Gasteiger partial charge in [-0.2, -0.15) is 0 Å².